The van der Waals surface area contributed by atoms with Gasteiger partial charge < -0.3 is 4.57 Å². The molecule has 0 unspecified atom stereocenters. The molecule has 2 rings (SSSR count). The number of aryl methyl sites for hydroxylation is 1. The summed E-state index contributed by atoms with van der Waals surface area (Å²) in [4.78, 5) is 11.2. The molecular formula is C11H11NOS. The zero-order valence-electron chi connectivity index (χ0n) is 7.93. The second-order valence-corrected chi connectivity index (χ2v) is 4.08. The quantitative estimate of drug-likeness (QED) is 0.737. The van der Waals surface area contributed by atoms with E-state index in [1.807, 2.05) is 23.9 Å². The van der Waals surface area contributed by atoms with Crippen molar-refractivity contribution < 1.29 is 0 Å². The van der Waals surface area contributed by atoms with Crippen molar-refractivity contribution in [3.05, 3.63) is 56.6 Å². The van der Waals surface area contributed by atoms with Crippen LogP contribution in [0, 0.1) is 6.92 Å². The van der Waals surface area contributed by atoms with Crippen LogP contribution in [0.3, 0.4) is 0 Å². The number of thiophene rings is 1. The molecule has 2 aromatic rings. The van der Waals surface area contributed by atoms with Crippen LogP contribution in [0.25, 0.3) is 0 Å². The molecule has 0 radical (unpaired) electrons. The Kier molecular flexibility index (Phi) is 2.50. The Morgan fingerprint density at radius 2 is 2.29 bits per heavy atom. The highest BCUT2D eigenvalue weighted by molar-refractivity contribution is 7.07. The number of hydrogen-bond donors (Lipinski definition) is 0. The number of pyridine rings is 1. The van der Waals surface area contributed by atoms with Gasteiger partial charge in [0.2, 0.25) is 0 Å². The fraction of sp³-hybridized carbons (Fsp3) is 0.182. The third-order valence-corrected chi connectivity index (χ3v) is 2.84. The molecule has 0 fully saturated rings. The molecule has 0 atom stereocenters. The predicted molar refractivity (Wildman–Crippen MR) is 58.9 cm³/mol. The minimum Gasteiger partial charge on any atom is -0.349 e. The molecule has 2 aromatic heterocycles. The maximum atomic E-state index is 11.2. The van der Waals surface area contributed by atoms with Crippen molar-refractivity contribution in [1.82, 2.24) is 4.57 Å². The van der Waals surface area contributed by atoms with Crippen molar-refractivity contribution in [2.75, 3.05) is 0 Å². The van der Waals surface area contributed by atoms with E-state index in [1.54, 1.807) is 17.4 Å². The van der Waals surface area contributed by atoms with E-state index in [2.05, 4.69) is 16.8 Å². The zero-order valence-corrected chi connectivity index (χ0v) is 8.75. The highest BCUT2D eigenvalue weighted by atomic mass is 32.1. The molecule has 0 aliphatic rings. The molecule has 0 saturated heterocycles. The summed E-state index contributed by atoms with van der Waals surface area (Å²) >= 11 is 1.69. The molecule has 0 saturated carbocycles. The lowest BCUT2D eigenvalue weighted by atomic mass is 10.3. The van der Waals surface area contributed by atoms with Gasteiger partial charge in [-0.3, -0.25) is 4.79 Å². The molecule has 2 nitrogen and oxygen atoms in total. The van der Waals surface area contributed by atoms with Crippen LogP contribution in [0.4, 0.5) is 0 Å². The second-order valence-electron chi connectivity index (χ2n) is 3.30. The first-order valence-electron chi connectivity index (χ1n) is 4.43. The highest BCUT2D eigenvalue weighted by Gasteiger charge is 1.96. The Hall–Kier alpha value is -1.35. The average molecular weight is 205 g/mol. The summed E-state index contributed by atoms with van der Waals surface area (Å²) in [6.45, 7) is 2.68. The Labute approximate surface area is 86.4 Å². The first kappa shape index (κ1) is 9.21. The van der Waals surface area contributed by atoms with Crippen LogP contribution in [0.5, 0.6) is 0 Å². The van der Waals surface area contributed by atoms with Gasteiger partial charge in [0.15, 0.2) is 5.43 Å². The summed E-state index contributed by atoms with van der Waals surface area (Å²) in [6.07, 6.45) is 3.72. The van der Waals surface area contributed by atoms with Gasteiger partial charge in [-0.15, -0.1) is 0 Å². The lowest BCUT2D eigenvalue weighted by molar-refractivity contribution is 0.785. The summed E-state index contributed by atoms with van der Waals surface area (Å²) in [6, 6.07) is 3.71. The molecular weight excluding hydrogens is 194 g/mol. The monoisotopic (exact) mass is 205 g/mol. The first-order chi connectivity index (χ1) is 6.75. The van der Waals surface area contributed by atoms with Crippen LogP contribution < -0.4 is 5.43 Å². The summed E-state index contributed by atoms with van der Waals surface area (Å²) in [7, 11) is 0. The summed E-state index contributed by atoms with van der Waals surface area (Å²) in [5.41, 5.74) is 2.17. The van der Waals surface area contributed by atoms with E-state index in [1.165, 1.54) is 5.56 Å². The van der Waals surface area contributed by atoms with E-state index >= 15 is 0 Å². The maximum absolute atomic E-state index is 11.2. The minimum absolute atomic E-state index is 0.103. The number of nitrogens with zero attached hydrogens (tertiary/aromatic N) is 1. The molecule has 2 heterocycles. The standard InChI is InChI=1S/C11H11NOS/c1-9-6-12(4-2-11(9)13)7-10-3-5-14-8-10/h2-6,8H,7H2,1H3. The van der Waals surface area contributed by atoms with Crippen molar-refractivity contribution in [2.24, 2.45) is 0 Å². The van der Waals surface area contributed by atoms with Crippen LogP contribution in [-0.4, -0.2) is 4.57 Å². The van der Waals surface area contributed by atoms with E-state index < -0.39 is 0 Å². The van der Waals surface area contributed by atoms with Gasteiger partial charge in [0.1, 0.15) is 0 Å². The van der Waals surface area contributed by atoms with Crippen molar-refractivity contribution in [2.45, 2.75) is 13.5 Å². The van der Waals surface area contributed by atoms with Crippen molar-refractivity contribution in [1.29, 1.82) is 0 Å². The molecule has 0 N–H and O–H groups in total. The number of rotatable bonds is 2. The van der Waals surface area contributed by atoms with E-state index in [0.29, 0.717) is 0 Å². The molecule has 0 spiro atoms. The fourth-order valence-electron chi connectivity index (χ4n) is 1.34. The molecule has 14 heavy (non-hydrogen) atoms. The third kappa shape index (κ3) is 1.93. The van der Waals surface area contributed by atoms with E-state index in [9.17, 15) is 4.79 Å². The topological polar surface area (TPSA) is 22.0 Å². The lowest BCUT2D eigenvalue weighted by Gasteiger charge is -2.04. The van der Waals surface area contributed by atoms with Crippen LogP contribution in [-0.2, 0) is 6.54 Å². The van der Waals surface area contributed by atoms with Gasteiger partial charge in [0.25, 0.3) is 0 Å². The van der Waals surface area contributed by atoms with Gasteiger partial charge in [0.05, 0.1) is 0 Å². The molecule has 0 aliphatic heterocycles. The van der Waals surface area contributed by atoms with Crippen LogP contribution >= 0.6 is 11.3 Å². The van der Waals surface area contributed by atoms with Crippen molar-refractivity contribution in [3.63, 3.8) is 0 Å². The van der Waals surface area contributed by atoms with Crippen LogP contribution in [0.15, 0.2) is 40.1 Å². The largest absolute Gasteiger partial charge is 0.349 e. The average Bonchev–Trinajstić information content (AvgIpc) is 2.64. The maximum Gasteiger partial charge on any atom is 0.184 e. The number of aromatic nitrogens is 1. The Morgan fingerprint density at radius 1 is 1.43 bits per heavy atom. The summed E-state index contributed by atoms with van der Waals surface area (Å²) < 4.78 is 2.03. The van der Waals surface area contributed by atoms with Crippen LogP contribution in [0.1, 0.15) is 11.1 Å². The van der Waals surface area contributed by atoms with Gasteiger partial charge >= 0.3 is 0 Å². The first-order valence-corrected chi connectivity index (χ1v) is 5.38. The summed E-state index contributed by atoms with van der Waals surface area (Å²) in [5.74, 6) is 0. The van der Waals surface area contributed by atoms with Crippen molar-refractivity contribution in [3.8, 4) is 0 Å². The SMILES string of the molecule is Cc1cn(Cc2ccsc2)ccc1=O. The second kappa shape index (κ2) is 3.80. The molecule has 3 heteroatoms. The van der Waals surface area contributed by atoms with Crippen LogP contribution in [0.2, 0.25) is 0 Å². The molecule has 0 amide bonds. The predicted octanol–water partition coefficient (Wildman–Crippen LogP) is 2.27. The third-order valence-electron chi connectivity index (χ3n) is 2.11. The Bertz CT molecular complexity index is 470. The van der Waals surface area contributed by atoms with Gasteiger partial charge in [-0.2, -0.15) is 11.3 Å². The van der Waals surface area contributed by atoms with Gasteiger partial charge in [-0.05, 0) is 29.3 Å². The van der Waals surface area contributed by atoms with Gasteiger partial charge in [-0.25, -0.2) is 0 Å². The minimum atomic E-state index is 0.103. The van der Waals surface area contributed by atoms with E-state index in [4.69, 9.17) is 0 Å². The Morgan fingerprint density at radius 3 is 2.93 bits per heavy atom. The lowest BCUT2D eigenvalue weighted by Crippen LogP contribution is -2.08. The van der Waals surface area contributed by atoms with Gasteiger partial charge in [0, 0.05) is 30.6 Å². The smallest absolute Gasteiger partial charge is 0.184 e. The molecule has 0 bridgehead atoms. The van der Waals surface area contributed by atoms with E-state index in [0.717, 1.165) is 12.1 Å². The van der Waals surface area contributed by atoms with Crippen molar-refractivity contribution >= 4 is 11.3 Å². The van der Waals surface area contributed by atoms with E-state index in [-0.39, 0.29) is 5.43 Å². The molecule has 0 aromatic carbocycles. The zero-order chi connectivity index (χ0) is 9.97. The summed E-state index contributed by atoms with van der Waals surface area (Å²) in [5, 5.41) is 4.18. The Balaban J connectivity index is 2.26. The van der Waals surface area contributed by atoms with Gasteiger partial charge in [-0.1, -0.05) is 0 Å². The fourth-order valence-corrected chi connectivity index (χ4v) is 2.00. The normalized spacial score (nSPS) is 10.4. The molecule has 72 valence electrons. The highest BCUT2D eigenvalue weighted by Crippen LogP contribution is 2.07. The molecule has 0 aliphatic carbocycles. The number of hydrogen-bond acceptors (Lipinski definition) is 2.